The van der Waals surface area contributed by atoms with Gasteiger partial charge in [0.1, 0.15) is 5.00 Å². The highest BCUT2D eigenvalue weighted by Gasteiger charge is 2.31. The summed E-state index contributed by atoms with van der Waals surface area (Å²) in [6.45, 7) is 4.99. The van der Waals surface area contributed by atoms with E-state index in [1.54, 1.807) is 12.5 Å². The Balaban J connectivity index is 2.02. The Bertz CT molecular complexity index is 1100. The number of carbonyl (C=O) groups is 1. The SMILES string of the molecule is CCCCN(c1sc(CCC)cc1-c1ccc(Cn2ccnc2)cc1)S(=O)(=O)C(N)=O. The molecule has 0 aliphatic carbocycles. The number of rotatable bonds is 10. The molecular weight excluding hydrogens is 432 g/mol. The van der Waals surface area contributed by atoms with E-state index >= 15 is 0 Å². The summed E-state index contributed by atoms with van der Waals surface area (Å²) in [6.07, 6.45) is 8.64. The zero-order valence-corrected chi connectivity index (χ0v) is 19.5. The van der Waals surface area contributed by atoms with Gasteiger partial charge in [-0.2, -0.15) is 8.42 Å². The van der Waals surface area contributed by atoms with Gasteiger partial charge >= 0.3 is 15.3 Å². The number of sulfonamides is 1. The maximum absolute atomic E-state index is 12.8. The number of benzene rings is 1. The number of hydrogen-bond acceptors (Lipinski definition) is 5. The van der Waals surface area contributed by atoms with Gasteiger partial charge < -0.3 is 10.3 Å². The summed E-state index contributed by atoms with van der Waals surface area (Å²) in [5.74, 6) is 0. The zero-order chi connectivity index (χ0) is 22.4. The maximum atomic E-state index is 12.8. The molecule has 31 heavy (non-hydrogen) atoms. The van der Waals surface area contributed by atoms with Gasteiger partial charge in [0.2, 0.25) is 0 Å². The number of nitrogens with two attached hydrogens (primary N) is 1. The van der Waals surface area contributed by atoms with Crippen molar-refractivity contribution in [2.24, 2.45) is 5.73 Å². The van der Waals surface area contributed by atoms with Gasteiger partial charge in [-0.1, -0.05) is 51.0 Å². The van der Waals surface area contributed by atoms with Crippen molar-refractivity contribution in [3.8, 4) is 11.1 Å². The Morgan fingerprint density at radius 3 is 2.52 bits per heavy atom. The smallest absolute Gasteiger partial charge is 0.354 e. The number of unbranched alkanes of at least 4 members (excludes halogenated alkanes) is 1. The van der Waals surface area contributed by atoms with E-state index in [4.69, 9.17) is 5.73 Å². The minimum absolute atomic E-state index is 0.222. The number of thiophene rings is 1. The van der Waals surface area contributed by atoms with E-state index in [9.17, 15) is 13.2 Å². The molecule has 0 spiro atoms. The summed E-state index contributed by atoms with van der Waals surface area (Å²) in [7, 11) is -4.27. The third kappa shape index (κ3) is 5.34. The van der Waals surface area contributed by atoms with E-state index in [2.05, 4.69) is 11.9 Å². The first-order valence-electron chi connectivity index (χ1n) is 10.4. The van der Waals surface area contributed by atoms with Gasteiger partial charge in [0.05, 0.1) is 6.33 Å². The number of aryl methyl sites for hydroxylation is 1. The lowest BCUT2D eigenvalue weighted by molar-refractivity contribution is 0.265. The number of imidazole rings is 1. The summed E-state index contributed by atoms with van der Waals surface area (Å²) in [4.78, 5) is 16.9. The Kier molecular flexibility index (Phi) is 7.50. The predicted octanol–water partition coefficient (Wildman–Crippen LogP) is 4.63. The molecule has 0 radical (unpaired) electrons. The molecule has 0 saturated heterocycles. The summed E-state index contributed by atoms with van der Waals surface area (Å²) < 4.78 is 28.7. The Morgan fingerprint density at radius 2 is 1.94 bits per heavy atom. The lowest BCUT2D eigenvalue weighted by Gasteiger charge is -2.22. The van der Waals surface area contributed by atoms with Crippen LogP contribution in [-0.4, -0.2) is 29.8 Å². The zero-order valence-electron chi connectivity index (χ0n) is 17.8. The fourth-order valence-corrected chi connectivity index (χ4v) is 5.84. The third-order valence-corrected chi connectivity index (χ3v) is 7.72. The number of carbonyl (C=O) groups excluding carboxylic acids is 1. The van der Waals surface area contributed by atoms with Crippen LogP contribution in [0.1, 0.15) is 43.6 Å². The number of aromatic nitrogens is 2. The first-order chi connectivity index (χ1) is 14.9. The second-order valence-corrected chi connectivity index (χ2v) is 10.3. The average Bonchev–Trinajstić information content (AvgIpc) is 3.39. The quantitative estimate of drug-likeness (QED) is 0.477. The number of anilines is 1. The normalized spacial score (nSPS) is 11.5. The van der Waals surface area contributed by atoms with E-state index in [1.807, 2.05) is 48.0 Å². The van der Waals surface area contributed by atoms with Crippen LogP contribution < -0.4 is 10.0 Å². The van der Waals surface area contributed by atoms with Crippen LogP contribution in [0, 0.1) is 0 Å². The van der Waals surface area contributed by atoms with Crippen molar-refractivity contribution in [3.05, 3.63) is 59.5 Å². The van der Waals surface area contributed by atoms with Crippen molar-refractivity contribution < 1.29 is 13.2 Å². The fourth-order valence-electron chi connectivity index (χ4n) is 3.31. The standard InChI is InChI=1S/C22H28N4O3S2/c1-3-5-12-26(31(28,29)22(23)27)21-20(14-19(30-21)6-4-2)18-9-7-17(8-10-18)15-25-13-11-24-16-25/h7-11,13-14,16H,3-6,12,15H2,1-2H3,(H2,23,27). The Hall–Kier alpha value is -2.65. The monoisotopic (exact) mass is 460 g/mol. The molecule has 0 fully saturated rings. The van der Waals surface area contributed by atoms with Crippen molar-refractivity contribution in [2.45, 2.75) is 46.1 Å². The first-order valence-corrected chi connectivity index (χ1v) is 12.6. The number of amides is 1. The summed E-state index contributed by atoms with van der Waals surface area (Å²) in [5, 5.41) is -0.770. The fraction of sp³-hybridized carbons (Fsp3) is 0.364. The number of primary amides is 1. The van der Waals surface area contributed by atoms with Gasteiger partial charge in [-0.15, -0.1) is 11.3 Å². The van der Waals surface area contributed by atoms with Crippen LogP contribution in [0.4, 0.5) is 9.80 Å². The second-order valence-electron chi connectivity index (χ2n) is 7.36. The van der Waals surface area contributed by atoms with E-state index < -0.39 is 15.3 Å². The van der Waals surface area contributed by atoms with Crippen molar-refractivity contribution in [1.29, 1.82) is 0 Å². The van der Waals surface area contributed by atoms with Crippen LogP contribution in [0.25, 0.3) is 11.1 Å². The molecule has 0 unspecified atom stereocenters. The molecule has 3 aromatic rings. The molecule has 0 aliphatic heterocycles. The largest absolute Gasteiger partial charge is 0.355 e. The molecule has 2 N–H and O–H groups in total. The highest BCUT2D eigenvalue weighted by molar-refractivity contribution is 8.07. The predicted molar refractivity (Wildman–Crippen MR) is 126 cm³/mol. The molecule has 0 bridgehead atoms. The van der Waals surface area contributed by atoms with E-state index in [0.717, 1.165) is 40.8 Å². The molecule has 166 valence electrons. The molecule has 7 nitrogen and oxygen atoms in total. The lowest BCUT2D eigenvalue weighted by Crippen LogP contribution is -2.39. The molecule has 0 aliphatic rings. The lowest BCUT2D eigenvalue weighted by atomic mass is 10.0. The third-order valence-electron chi connectivity index (χ3n) is 4.93. The van der Waals surface area contributed by atoms with Gasteiger partial charge in [0.15, 0.2) is 0 Å². The topological polar surface area (TPSA) is 98.3 Å². The van der Waals surface area contributed by atoms with E-state index in [-0.39, 0.29) is 6.54 Å². The van der Waals surface area contributed by atoms with Crippen LogP contribution in [0.2, 0.25) is 0 Å². The van der Waals surface area contributed by atoms with Crippen molar-refractivity contribution in [1.82, 2.24) is 9.55 Å². The summed E-state index contributed by atoms with van der Waals surface area (Å²) in [5.41, 5.74) is 8.07. The number of hydrogen-bond donors (Lipinski definition) is 1. The van der Waals surface area contributed by atoms with Crippen LogP contribution >= 0.6 is 11.3 Å². The van der Waals surface area contributed by atoms with Gasteiger partial charge in [-0.25, -0.2) is 4.98 Å². The molecule has 1 aromatic carbocycles. The summed E-state index contributed by atoms with van der Waals surface area (Å²) in [6, 6.07) is 10.1. The van der Waals surface area contributed by atoms with Gasteiger partial charge in [0, 0.05) is 35.9 Å². The molecule has 0 atom stereocenters. The highest BCUT2D eigenvalue weighted by Crippen LogP contribution is 2.41. The van der Waals surface area contributed by atoms with Gasteiger partial charge in [0.25, 0.3) is 0 Å². The first kappa shape index (κ1) is 23.0. The van der Waals surface area contributed by atoms with Gasteiger partial charge in [-0.05, 0) is 30.0 Å². The highest BCUT2D eigenvalue weighted by atomic mass is 32.2. The van der Waals surface area contributed by atoms with Crippen LogP contribution in [0.15, 0.2) is 49.1 Å². The minimum atomic E-state index is -4.27. The van der Waals surface area contributed by atoms with Crippen molar-refractivity contribution in [2.75, 3.05) is 10.8 Å². The van der Waals surface area contributed by atoms with Crippen molar-refractivity contribution in [3.63, 3.8) is 0 Å². The van der Waals surface area contributed by atoms with Crippen LogP contribution in [0.5, 0.6) is 0 Å². The molecular formula is C22H28N4O3S2. The minimum Gasteiger partial charge on any atom is -0.355 e. The van der Waals surface area contributed by atoms with E-state index in [1.165, 1.54) is 15.6 Å². The van der Waals surface area contributed by atoms with Crippen molar-refractivity contribution >= 4 is 31.6 Å². The molecule has 9 heteroatoms. The second kappa shape index (κ2) is 10.1. The van der Waals surface area contributed by atoms with Gasteiger partial charge in [-0.3, -0.25) is 9.10 Å². The molecule has 1 amide bonds. The molecule has 2 aromatic heterocycles. The van der Waals surface area contributed by atoms with Crippen LogP contribution in [0.3, 0.4) is 0 Å². The Labute approximate surface area is 187 Å². The molecule has 3 rings (SSSR count). The number of nitrogens with zero attached hydrogens (tertiary/aromatic N) is 3. The molecule has 0 saturated carbocycles. The molecule has 2 heterocycles. The van der Waals surface area contributed by atoms with Crippen LogP contribution in [-0.2, 0) is 23.0 Å². The Morgan fingerprint density at radius 1 is 1.19 bits per heavy atom. The van der Waals surface area contributed by atoms with E-state index in [0.29, 0.717) is 18.0 Å². The summed E-state index contributed by atoms with van der Waals surface area (Å²) >= 11 is 1.42. The average molecular weight is 461 g/mol. The maximum Gasteiger partial charge on any atom is 0.354 e.